The summed E-state index contributed by atoms with van der Waals surface area (Å²) in [6.45, 7) is 18.2. The molecule has 4 nitrogen and oxygen atoms in total. The molecule has 31 heavy (non-hydrogen) atoms. The molecule has 1 aliphatic heterocycles. The van der Waals surface area contributed by atoms with Gasteiger partial charge in [0, 0.05) is 22.2 Å². The molecule has 1 saturated heterocycles. The van der Waals surface area contributed by atoms with Gasteiger partial charge in [-0.2, -0.15) is 0 Å². The smallest absolute Gasteiger partial charge is 0.165 e. The number of aryl methyl sites for hydroxylation is 1. The number of benzene rings is 1. The summed E-state index contributed by atoms with van der Waals surface area (Å²) in [7, 11) is 0. The Hall–Kier alpha value is -2.33. The van der Waals surface area contributed by atoms with Gasteiger partial charge in [0.25, 0.3) is 0 Å². The molecule has 0 atom stereocenters. The Bertz CT molecular complexity index is 790. The average Bonchev–Trinajstić information content (AvgIpc) is 3.03. The van der Waals surface area contributed by atoms with Crippen LogP contribution in [0.1, 0.15) is 71.4 Å². The third kappa shape index (κ3) is 11.0. The van der Waals surface area contributed by atoms with Gasteiger partial charge in [0.1, 0.15) is 0 Å². The van der Waals surface area contributed by atoms with Crippen LogP contribution in [0, 0.1) is 12.3 Å². The normalized spacial score (nSPS) is 15.8. The third-order valence-electron chi connectivity index (χ3n) is 4.92. The number of rotatable bonds is 6. The van der Waals surface area contributed by atoms with Crippen molar-refractivity contribution in [2.24, 2.45) is 15.4 Å². The number of aliphatic imine (C=N–C) groups is 2. The zero-order valence-corrected chi connectivity index (χ0v) is 20.4. The first-order valence-electron chi connectivity index (χ1n) is 11.4. The highest BCUT2D eigenvalue weighted by molar-refractivity contribution is 6.38. The van der Waals surface area contributed by atoms with Gasteiger partial charge in [-0.3, -0.25) is 14.8 Å². The van der Waals surface area contributed by atoms with E-state index in [0.717, 1.165) is 22.4 Å². The number of hydrogen-bond acceptors (Lipinski definition) is 4. The van der Waals surface area contributed by atoms with E-state index in [1.165, 1.54) is 38.8 Å². The van der Waals surface area contributed by atoms with Crippen LogP contribution in [0.4, 0.5) is 0 Å². The fourth-order valence-electron chi connectivity index (χ4n) is 3.11. The van der Waals surface area contributed by atoms with Crippen LogP contribution < -0.4 is 5.32 Å². The second kappa shape index (κ2) is 13.9. The average molecular weight is 424 g/mol. The quantitative estimate of drug-likeness (QED) is 0.444. The van der Waals surface area contributed by atoms with E-state index in [4.69, 9.17) is 0 Å². The van der Waals surface area contributed by atoms with E-state index < -0.39 is 5.41 Å². The van der Waals surface area contributed by atoms with Gasteiger partial charge in [0.05, 0.1) is 18.5 Å². The zero-order chi connectivity index (χ0) is 23.3. The van der Waals surface area contributed by atoms with Crippen LogP contribution in [0.3, 0.4) is 0 Å². The summed E-state index contributed by atoms with van der Waals surface area (Å²) in [4.78, 5) is 21.4. The number of nitrogens with zero attached hydrogens (tertiary/aromatic N) is 2. The van der Waals surface area contributed by atoms with Gasteiger partial charge in [-0.1, -0.05) is 70.0 Å². The predicted octanol–water partition coefficient (Wildman–Crippen LogP) is 6.10. The van der Waals surface area contributed by atoms with Crippen LogP contribution in [0.15, 0.2) is 58.2 Å². The molecule has 1 aromatic carbocycles. The van der Waals surface area contributed by atoms with E-state index in [1.807, 2.05) is 65.8 Å². The summed E-state index contributed by atoms with van der Waals surface area (Å²) >= 11 is 0. The second-order valence-electron chi connectivity index (χ2n) is 9.12. The van der Waals surface area contributed by atoms with E-state index >= 15 is 0 Å². The third-order valence-corrected chi connectivity index (χ3v) is 4.92. The molecule has 1 fully saturated rings. The highest BCUT2D eigenvalue weighted by atomic mass is 16.1. The Morgan fingerprint density at radius 3 is 2.32 bits per heavy atom. The standard InChI is InChI=1S/C21H28N2O.C6H13N/c1-8-17(20(24)21(5,6)7)13-23-19(14-22-15(2)3)18-11-9-10-16(4)12-18;1-2-4-6-7-5-3-1/h8-12,14H,2,13H2,1,3-7H3;7H,1-6H2/b17-8+,22-14?,23-19?;. The van der Waals surface area contributed by atoms with Crippen molar-refractivity contribution >= 4 is 17.7 Å². The Balaban J connectivity index is 0.000000577. The summed E-state index contributed by atoms with van der Waals surface area (Å²) in [5.74, 6) is 0.120. The van der Waals surface area contributed by atoms with E-state index in [0.29, 0.717) is 12.2 Å². The fourth-order valence-corrected chi connectivity index (χ4v) is 3.11. The molecular formula is C27H41N3O. The first-order chi connectivity index (χ1) is 14.6. The number of nitrogens with one attached hydrogen (secondary N) is 1. The number of Topliss-reactive ketones (excluding diaryl/α,β-unsaturated/α-hetero) is 1. The Kier molecular flexibility index (Phi) is 11.9. The van der Waals surface area contributed by atoms with Crippen LogP contribution in [0.5, 0.6) is 0 Å². The molecule has 0 bridgehead atoms. The maximum absolute atomic E-state index is 12.5. The molecule has 170 valence electrons. The monoisotopic (exact) mass is 423 g/mol. The van der Waals surface area contributed by atoms with Gasteiger partial charge >= 0.3 is 0 Å². The van der Waals surface area contributed by atoms with Gasteiger partial charge in [0.2, 0.25) is 0 Å². The summed E-state index contributed by atoms with van der Waals surface area (Å²) in [6.07, 6.45) is 9.22. The van der Waals surface area contributed by atoms with Gasteiger partial charge in [-0.15, -0.1) is 0 Å². The van der Waals surface area contributed by atoms with Crippen LogP contribution in [-0.2, 0) is 4.79 Å². The minimum Gasteiger partial charge on any atom is -0.317 e. The molecule has 0 spiro atoms. The van der Waals surface area contributed by atoms with E-state index in [-0.39, 0.29) is 5.78 Å². The molecule has 1 heterocycles. The first-order valence-corrected chi connectivity index (χ1v) is 11.4. The molecule has 4 heteroatoms. The highest BCUT2D eigenvalue weighted by Gasteiger charge is 2.24. The lowest BCUT2D eigenvalue weighted by Gasteiger charge is -2.18. The van der Waals surface area contributed by atoms with Crippen LogP contribution in [0.25, 0.3) is 0 Å². The van der Waals surface area contributed by atoms with Gasteiger partial charge < -0.3 is 5.32 Å². The zero-order valence-electron chi connectivity index (χ0n) is 20.4. The molecule has 0 radical (unpaired) electrons. The number of allylic oxidation sites excluding steroid dienone is 2. The maximum Gasteiger partial charge on any atom is 0.165 e. The lowest BCUT2D eigenvalue weighted by Crippen LogP contribution is -2.23. The van der Waals surface area contributed by atoms with Crippen molar-refractivity contribution < 1.29 is 4.79 Å². The van der Waals surface area contributed by atoms with Crippen LogP contribution in [-0.4, -0.2) is 37.3 Å². The van der Waals surface area contributed by atoms with Crippen molar-refractivity contribution in [2.75, 3.05) is 19.6 Å². The lowest BCUT2D eigenvalue weighted by atomic mass is 9.86. The van der Waals surface area contributed by atoms with E-state index in [2.05, 4.69) is 27.9 Å². The molecular weight excluding hydrogens is 382 g/mol. The largest absolute Gasteiger partial charge is 0.317 e. The number of carbonyl (C=O) groups is 1. The molecule has 0 aliphatic carbocycles. The van der Waals surface area contributed by atoms with E-state index in [9.17, 15) is 4.79 Å². The van der Waals surface area contributed by atoms with Crippen molar-refractivity contribution in [3.05, 3.63) is 59.3 Å². The van der Waals surface area contributed by atoms with Gasteiger partial charge in [0.15, 0.2) is 5.78 Å². The molecule has 0 saturated carbocycles. The molecule has 0 aromatic heterocycles. The molecule has 1 aromatic rings. The minimum absolute atomic E-state index is 0.120. The summed E-state index contributed by atoms with van der Waals surface area (Å²) in [5, 5.41) is 3.35. The van der Waals surface area contributed by atoms with Crippen molar-refractivity contribution in [3.8, 4) is 0 Å². The minimum atomic E-state index is -0.410. The SMILES string of the molecule is C1CCCNCC1.C=C(C)N=CC(=NC/C(=C\C)C(=O)C(C)(C)C)c1cccc(C)c1. The molecule has 2 rings (SSSR count). The highest BCUT2D eigenvalue weighted by Crippen LogP contribution is 2.20. The van der Waals surface area contributed by atoms with Crippen LogP contribution >= 0.6 is 0 Å². The molecule has 0 unspecified atom stereocenters. The number of ketones is 1. The Labute approximate surface area is 189 Å². The van der Waals surface area contributed by atoms with Gasteiger partial charge in [-0.25, -0.2) is 0 Å². The van der Waals surface area contributed by atoms with Crippen molar-refractivity contribution in [1.29, 1.82) is 0 Å². The molecule has 0 amide bonds. The predicted molar refractivity (Wildman–Crippen MR) is 135 cm³/mol. The second-order valence-corrected chi connectivity index (χ2v) is 9.12. The Morgan fingerprint density at radius 2 is 1.81 bits per heavy atom. The van der Waals surface area contributed by atoms with Crippen molar-refractivity contribution in [1.82, 2.24) is 5.32 Å². The van der Waals surface area contributed by atoms with E-state index in [1.54, 1.807) is 6.21 Å². The fraction of sp³-hybridized carbons (Fsp3) is 0.519. The number of hydrogen-bond donors (Lipinski definition) is 1. The van der Waals surface area contributed by atoms with Crippen LogP contribution in [0.2, 0.25) is 0 Å². The van der Waals surface area contributed by atoms with Crippen molar-refractivity contribution in [2.45, 2.75) is 67.2 Å². The number of carbonyl (C=O) groups excluding carboxylic acids is 1. The molecule has 1 aliphatic rings. The summed E-state index contributed by atoms with van der Waals surface area (Å²) < 4.78 is 0. The lowest BCUT2D eigenvalue weighted by molar-refractivity contribution is -0.122. The van der Waals surface area contributed by atoms with Gasteiger partial charge in [-0.05, 0) is 52.8 Å². The Morgan fingerprint density at radius 1 is 1.16 bits per heavy atom. The summed E-state index contributed by atoms with van der Waals surface area (Å²) in [5.41, 5.74) is 3.92. The topological polar surface area (TPSA) is 53.8 Å². The summed E-state index contributed by atoms with van der Waals surface area (Å²) in [6, 6.07) is 8.09. The molecule has 1 N–H and O–H groups in total. The first kappa shape index (κ1) is 26.7. The maximum atomic E-state index is 12.5. The van der Waals surface area contributed by atoms with Crippen molar-refractivity contribution in [3.63, 3.8) is 0 Å².